The minimum Gasteiger partial charge on any atom is -0.447 e. The summed E-state index contributed by atoms with van der Waals surface area (Å²) in [6.07, 6.45) is 15.2. The number of carbonyl (C=O) groups excluding carboxylic acids is 2. The van der Waals surface area contributed by atoms with Crippen LogP contribution in [0.15, 0.2) is 0 Å². The SMILES string of the molecule is NCCCCCCCCC(N)OC(=O)CCCCC(=O)OC(N)CCCCCCCCN. The van der Waals surface area contributed by atoms with Crippen molar-refractivity contribution in [3.63, 3.8) is 0 Å². The lowest BCUT2D eigenvalue weighted by atomic mass is 10.1. The third-order valence-electron chi connectivity index (χ3n) is 5.46. The molecule has 0 saturated heterocycles. The van der Waals surface area contributed by atoms with E-state index in [2.05, 4.69) is 0 Å². The fraction of sp³-hybridized carbons (Fsp3) is 0.917. The van der Waals surface area contributed by atoms with Crippen LogP contribution in [0.1, 0.15) is 116 Å². The molecule has 32 heavy (non-hydrogen) atoms. The molecule has 0 spiro atoms. The Bertz CT molecular complexity index is 412. The molecule has 0 aliphatic rings. The maximum absolute atomic E-state index is 11.9. The molecule has 0 rings (SSSR count). The van der Waals surface area contributed by atoms with Gasteiger partial charge in [0.15, 0.2) is 12.5 Å². The van der Waals surface area contributed by atoms with Crippen LogP contribution in [0, 0.1) is 0 Å². The van der Waals surface area contributed by atoms with E-state index in [4.69, 9.17) is 32.4 Å². The van der Waals surface area contributed by atoms with Gasteiger partial charge in [-0.25, -0.2) is 0 Å². The number of esters is 2. The molecule has 0 fully saturated rings. The summed E-state index contributed by atoms with van der Waals surface area (Å²) in [6.45, 7) is 1.51. The number of hydrogen-bond acceptors (Lipinski definition) is 8. The zero-order chi connectivity index (χ0) is 23.9. The number of hydrogen-bond donors (Lipinski definition) is 4. The van der Waals surface area contributed by atoms with Crippen molar-refractivity contribution in [3.8, 4) is 0 Å². The third-order valence-corrected chi connectivity index (χ3v) is 5.46. The average molecular weight is 459 g/mol. The van der Waals surface area contributed by atoms with Gasteiger partial charge in [-0.15, -0.1) is 0 Å². The second-order valence-electron chi connectivity index (χ2n) is 8.66. The summed E-state index contributed by atoms with van der Waals surface area (Å²) < 4.78 is 10.5. The number of carbonyl (C=O) groups is 2. The van der Waals surface area contributed by atoms with Gasteiger partial charge in [0, 0.05) is 12.8 Å². The highest BCUT2D eigenvalue weighted by Crippen LogP contribution is 2.11. The van der Waals surface area contributed by atoms with Crippen LogP contribution in [0.25, 0.3) is 0 Å². The summed E-state index contributed by atoms with van der Waals surface area (Å²) in [5, 5.41) is 0. The second-order valence-corrected chi connectivity index (χ2v) is 8.66. The van der Waals surface area contributed by atoms with Gasteiger partial charge in [-0.3, -0.25) is 21.1 Å². The minimum atomic E-state index is -0.546. The van der Waals surface area contributed by atoms with Crippen molar-refractivity contribution in [1.82, 2.24) is 0 Å². The summed E-state index contributed by atoms with van der Waals surface area (Å²) in [5.41, 5.74) is 22.7. The van der Waals surface area contributed by atoms with Gasteiger partial charge in [0.1, 0.15) is 0 Å². The molecule has 0 aromatic carbocycles. The zero-order valence-electron chi connectivity index (χ0n) is 20.2. The first-order valence-corrected chi connectivity index (χ1v) is 12.8. The third kappa shape index (κ3) is 22.0. The molecule has 2 atom stereocenters. The Balaban J connectivity index is 3.57. The first-order valence-electron chi connectivity index (χ1n) is 12.8. The van der Waals surface area contributed by atoms with Crippen molar-refractivity contribution in [1.29, 1.82) is 0 Å². The van der Waals surface area contributed by atoms with E-state index in [0.717, 1.165) is 64.5 Å². The number of nitrogens with two attached hydrogens (primary N) is 4. The lowest BCUT2D eigenvalue weighted by Gasteiger charge is -2.14. The van der Waals surface area contributed by atoms with E-state index in [-0.39, 0.29) is 24.8 Å². The first-order chi connectivity index (χ1) is 15.5. The van der Waals surface area contributed by atoms with Crippen molar-refractivity contribution in [2.45, 2.75) is 128 Å². The van der Waals surface area contributed by atoms with E-state index in [9.17, 15) is 9.59 Å². The smallest absolute Gasteiger partial charge is 0.307 e. The molecule has 0 aromatic rings. The molecule has 0 aromatic heterocycles. The molecule has 190 valence electrons. The summed E-state index contributed by atoms with van der Waals surface area (Å²) in [4.78, 5) is 23.7. The Morgan fingerprint density at radius 3 is 1.16 bits per heavy atom. The lowest BCUT2D eigenvalue weighted by Crippen LogP contribution is -2.27. The lowest BCUT2D eigenvalue weighted by molar-refractivity contribution is -0.151. The fourth-order valence-corrected chi connectivity index (χ4v) is 3.51. The highest BCUT2D eigenvalue weighted by molar-refractivity contribution is 5.70. The average Bonchev–Trinajstić information content (AvgIpc) is 2.75. The molecule has 8 nitrogen and oxygen atoms in total. The van der Waals surface area contributed by atoms with Gasteiger partial charge in [0.05, 0.1) is 0 Å². The van der Waals surface area contributed by atoms with Crippen LogP contribution in [-0.4, -0.2) is 37.5 Å². The largest absolute Gasteiger partial charge is 0.447 e. The number of unbranched alkanes of at least 4 members (excludes halogenated alkanes) is 11. The molecule has 0 aliphatic heterocycles. The van der Waals surface area contributed by atoms with Gasteiger partial charge in [0.25, 0.3) is 0 Å². The van der Waals surface area contributed by atoms with E-state index in [0.29, 0.717) is 25.7 Å². The van der Waals surface area contributed by atoms with Crippen molar-refractivity contribution < 1.29 is 19.1 Å². The molecule has 0 aliphatic carbocycles. The molecule has 0 radical (unpaired) electrons. The van der Waals surface area contributed by atoms with Gasteiger partial charge in [-0.05, 0) is 64.5 Å². The normalized spacial score (nSPS) is 13.0. The first kappa shape index (κ1) is 30.8. The highest BCUT2D eigenvalue weighted by Gasteiger charge is 2.12. The number of ether oxygens (including phenoxy) is 2. The molecule has 2 unspecified atom stereocenters. The van der Waals surface area contributed by atoms with Crippen molar-refractivity contribution in [3.05, 3.63) is 0 Å². The van der Waals surface area contributed by atoms with Gasteiger partial charge < -0.3 is 20.9 Å². The predicted molar refractivity (Wildman–Crippen MR) is 129 cm³/mol. The number of rotatable bonds is 23. The van der Waals surface area contributed by atoms with Crippen LogP contribution in [0.2, 0.25) is 0 Å². The molecule has 0 amide bonds. The van der Waals surface area contributed by atoms with Crippen molar-refractivity contribution in [2.75, 3.05) is 13.1 Å². The van der Waals surface area contributed by atoms with E-state index >= 15 is 0 Å². The summed E-state index contributed by atoms with van der Waals surface area (Å²) >= 11 is 0. The summed E-state index contributed by atoms with van der Waals surface area (Å²) in [7, 11) is 0. The summed E-state index contributed by atoms with van der Waals surface area (Å²) in [5.74, 6) is -0.617. The molecule has 8 N–H and O–H groups in total. The van der Waals surface area contributed by atoms with Crippen LogP contribution < -0.4 is 22.9 Å². The maximum atomic E-state index is 11.9. The van der Waals surface area contributed by atoms with Gasteiger partial charge in [0.2, 0.25) is 0 Å². The van der Waals surface area contributed by atoms with Gasteiger partial charge >= 0.3 is 11.9 Å². The molecule has 8 heteroatoms. The Labute approximate surface area is 195 Å². The predicted octanol–water partition coefficient (Wildman–Crippen LogP) is 3.58. The van der Waals surface area contributed by atoms with E-state index in [1.165, 1.54) is 25.7 Å². The molecule has 0 bridgehead atoms. The molecule has 0 heterocycles. The molecule has 0 saturated carbocycles. The Kier molecular flexibility index (Phi) is 22.1. The second kappa shape index (κ2) is 23.0. The van der Waals surface area contributed by atoms with Crippen LogP contribution >= 0.6 is 0 Å². The maximum Gasteiger partial charge on any atom is 0.307 e. The van der Waals surface area contributed by atoms with Gasteiger partial charge in [-0.1, -0.05) is 51.4 Å². The van der Waals surface area contributed by atoms with E-state index < -0.39 is 12.5 Å². The van der Waals surface area contributed by atoms with E-state index in [1.54, 1.807) is 0 Å². The van der Waals surface area contributed by atoms with Crippen molar-refractivity contribution >= 4 is 11.9 Å². The Morgan fingerprint density at radius 2 is 0.812 bits per heavy atom. The van der Waals surface area contributed by atoms with Crippen LogP contribution in [0.4, 0.5) is 0 Å². The highest BCUT2D eigenvalue weighted by atomic mass is 16.6. The van der Waals surface area contributed by atoms with Crippen LogP contribution in [0.3, 0.4) is 0 Å². The Hall–Kier alpha value is -1.22. The van der Waals surface area contributed by atoms with Crippen molar-refractivity contribution in [2.24, 2.45) is 22.9 Å². The minimum absolute atomic E-state index is 0.260. The van der Waals surface area contributed by atoms with Gasteiger partial charge in [-0.2, -0.15) is 0 Å². The van der Waals surface area contributed by atoms with Crippen LogP contribution in [0.5, 0.6) is 0 Å². The quantitative estimate of drug-likeness (QED) is 0.103. The zero-order valence-corrected chi connectivity index (χ0v) is 20.2. The summed E-state index contributed by atoms with van der Waals surface area (Å²) in [6, 6.07) is 0. The molecular formula is C24H50N4O4. The van der Waals surface area contributed by atoms with E-state index in [1.807, 2.05) is 0 Å². The monoisotopic (exact) mass is 458 g/mol. The Morgan fingerprint density at radius 1 is 0.500 bits per heavy atom. The fourth-order valence-electron chi connectivity index (χ4n) is 3.51. The molecular weight excluding hydrogens is 408 g/mol. The topological polar surface area (TPSA) is 157 Å². The standard InChI is InChI=1S/C24H50N4O4/c25-19-13-7-3-1-5-9-15-21(27)31-23(29)17-11-12-18-24(30)32-22(28)16-10-6-2-4-8-14-20-26/h21-22H,1-20,25-28H2. The van der Waals surface area contributed by atoms with Crippen LogP contribution in [-0.2, 0) is 19.1 Å².